The van der Waals surface area contributed by atoms with Gasteiger partial charge in [-0.1, -0.05) is 42.5 Å². The third-order valence-electron chi connectivity index (χ3n) is 4.39. The van der Waals surface area contributed by atoms with Crippen LogP contribution in [0.15, 0.2) is 53.3 Å². The lowest BCUT2D eigenvalue weighted by Gasteiger charge is -2.29. The highest BCUT2D eigenvalue weighted by atomic mass is 16.6. The minimum Gasteiger partial charge on any atom is -0.444 e. The summed E-state index contributed by atoms with van der Waals surface area (Å²) < 4.78 is 5.35. The Balaban J connectivity index is 1.89. The Bertz CT molecular complexity index is 1060. The lowest BCUT2D eigenvalue weighted by atomic mass is 9.92. The van der Waals surface area contributed by atoms with E-state index < -0.39 is 17.2 Å². The quantitative estimate of drug-likeness (QED) is 0.709. The van der Waals surface area contributed by atoms with Gasteiger partial charge in [0.25, 0.3) is 5.56 Å². The number of fused-ring (bicyclic) bond motifs is 1. The average molecular weight is 379 g/mol. The van der Waals surface area contributed by atoms with Gasteiger partial charge in [-0.25, -0.2) is 9.89 Å². The first-order valence-electron chi connectivity index (χ1n) is 9.16. The molecule has 2 N–H and O–H groups in total. The second-order valence-corrected chi connectivity index (χ2v) is 8.28. The Hall–Kier alpha value is -3.15. The number of nitrogens with one attached hydrogen (secondary N) is 2. The van der Waals surface area contributed by atoms with E-state index in [9.17, 15) is 9.59 Å². The van der Waals surface area contributed by atoms with Crippen LogP contribution in [0.1, 0.15) is 40.2 Å². The summed E-state index contributed by atoms with van der Waals surface area (Å²) in [7, 11) is 0. The molecule has 28 heavy (non-hydrogen) atoms. The standard InChI is InChI=1S/C22H25N3O3/c1-21(2,3)28-20(27)23-22(4,5)15-12-10-14(11-13-15)18-16-8-6-7-9-17(16)19(26)25-24-18/h6-13H,1-5H3,(H,23,27)(H,25,26). The van der Waals surface area contributed by atoms with Crippen LogP contribution in [0.5, 0.6) is 0 Å². The SMILES string of the molecule is CC(C)(C)OC(=O)NC(C)(C)c1ccc(-c2n[nH]c(=O)c3ccccc23)cc1. The highest BCUT2D eigenvalue weighted by Crippen LogP contribution is 2.27. The summed E-state index contributed by atoms with van der Waals surface area (Å²) in [6.07, 6.45) is -0.463. The van der Waals surface area contributed by atoms with E-state index in [2.05, 4.69) is 15.5 Å². The number of amides is 1. The third-order valence-corrected chi connectivity index (χ3v) is 4.39. The van der Waals surface area contributed by atoms with Crippen molar-refractivity contribution < 1.29 is 9.53 Å². The van der Waals surface area contributed by atoms with Crippen molar-refractivity contribution in [2.24, 2.45) is 0 Å². The second-order valence-electron chi connectivity index (χ2n) is 8.28. The maximum Gasteiger partial charge on any atom is 0.408 e. The number of aromatic amines is 1. The van der Waals surface area contributed by atoms with Gasteiger partial charge in [0.1, 0.15) is 5.60 Å². The van der Waals surface area contributed by atoms with Crippen molar-refractivity contribution in [3.8, 4) is 11.3 Å². The molecule has 0 aliphatic carbocycles. The van der Waals surface area contributed by atoms with Gasteiger partial charge in [-0.05, 0) is 46.2 Å². The summed E-state index contributed by atoms with van der Waals surface area (Å²) in [5.74, 6) is 0. The van der Waals surface area contributed by atoms with E-state index in [1.807, 2.05) is 77.1 Å². The Morgan fingerprint density at radius 1 is 0.964 bits per heavy atom. The van der Waals surface area contributed by atoms with E-state index in [-0.39, 0.29) is 5.56 Å². The molecule has 6 heteroatoms. The summed E-state index contributed by atoms with van der Waals surface area (Å²) in [4.78, 5) is 24.1. The zero-order valence-electron chi connectivity index (χ0n) is 16.8. The monoisotopic (exact) mass is 379 g/mol. The minimum absolute atomic E-state index is 0.210. The lowest BCUT2D eigenvalue weighted by Crippen LogP contribution is -2.43. The predicted molar refractivity (Wildman–Crippen MR) is 110 cm³/mol. The van der Waals surface area contributed by atoms with Crippen LogP contribution in [0.2, 0.25) is 0 Å². The Morgan fingerprint density at radius 2 is 1.57 bits per heavy atom. The van der Waals surface area contributed by atoms with Gasteiger partial charge in [0.2, 0.25) is 0 Å². The van der Waals surface area contributed by atoms with E-state index >= 15 is 0 Å². The summed E-state index contributed by atoms with van der Waals surface area (Å²) in [5.41, 5.74) is 1.14. The van der Waals surface area contributed by atoms with Crippen molar-refractivity contribution in [1.82, 2.24) is 15.5 Å². The molecule has 2 aromatic carbocycles. The van der Waals surface area contributed by atoms with Crippen LogP contribution in [-0.4, -0.2) is 21.9 Å². The van der Waals surface area contributed by atoms with Gasteiger partial charge in [-0.2, -0.15) is 5.10 Å². The molecule has 0 fully saturated rings. The molecule has 0 spiro atoms. The molecule has 0 saturated carbocycles. The molecule has 0 bridgehead atoms. The molecule has 0 unspecified atom stereocenters. The normalized spacial score (nSPS) is 12.0. The fraction of sp³-hybridized carbons (Fsp3) is 0.318. The number of rotatable bonds is 3. The highest BCUT2D eigenvalue weighted by Gasteiger charge is 2.26. The smallest absolute Gasteiger partial charge is 0.408 e. The summed E-state index contributed by atoms with van der Waals surface area (Å²) in [5, 5.41) is 11.1. The van der Waals surface area contributed by atoms with Crippen molar-refractivity contribution in [2.75, 3.05) is 0 Å². The van der Waals surface area contributed by atoms with E-state index in [1.165, 1.54) is 0 Å². The zero-order valence-corrected chi connectivity index (χ0v) is 16.8. The average Bonchev–Trinajstić information content (AvgIpc) is 2.60. The van der Waals surface area contributed by atoms with Crippen molar-refractivity contribution in [3.05, 3.63) is 64.4 Å². The molecule has 0 atom stereocenters. The van der Waals surface area contributed by atoms with E-state index in [0.29, 0.717) is 11.1 Å². The summed E-state index contributed by atoms with van der Waals surface area (Å²) >= 11 is 0. The molecule has 0 aliphatic heterocycles. The number of benzene rings is 2. The number of aromatic nitrogens is 2. The number of H-pyrrole nitrogens is 1. The first kappa shape index (κ1) is 19.6. The molecule has 0 aliphatic rings. The molecule has 0 radical (unpaired) electrons. The molecular formula is C22H25N3O3. The van der Waals surface area contributed by atoms with E-state index in [4.69, 9.17) is 4.74 Å². The molecule has 3 rings (SSSR count). The molecule has 146 valence electrons. The van der Waals surface area contributed by atoms with Crippen molar-refractivity contribution in [2.45, 2.75) is 45.8 Å². The number of hydrogen-bond donors (Lipinski definition) is 2. The molecule has 1 heterocycles. The number of carbonyl (C=O) groups is 1. The fourth-order valence-corrected chi connectivity index (χ4v) is 3.01. The number of alkyl carbamates (subject to hydrolysis) is 1. The van der Waals surface area contributed by atoms with Crippen LogP contribution in [0.4, 0.5) is 4.79 Å². The van der Waals surface area contributed by atoms with E-state index in [0.717, 1.165) is 16.5 Å². The Labute approximate surface area is 163 Å². The number of hydrogen-bond acceptors (Lipinski definition) is 4. The van der Waals surface area contributed by atoms with Crippen LogP contribution in [0, 0.1) is 0 Å². The highest BCUT2D eigenvalue weighted by molar-refractivity contribution is 5.93. The van der Waals surface area contributed by atoms with Gasteiger partial charge >= 0.3 is 6.09 Å². The summed E-state index contributed by atoms with van der Waals surface area (Å²) in [6, 6.07) is 15.1. The van der Waals surface area contributed by atoms with Crippen LogP contribution in [0.3, 0.4) is 0 Å². The molecular weight excluding hydrogens is 354 g/mol. The first-order chi connectivity index (χ1) is 13.1. The third kappa shape index (κ3) is 4.22. The number of ether oxygens (including phenoxy) is 1. The van der Waals surface area contributed by atoms with Gasteiger partial charge in [0.05, 0.1) is 16.6 Å². The van der Waals surface area contributed by atoms with Crippen LogP contribution >= 0.6 is 0 Å². The van der Waals surface area contributed by atoms with Crippen molar-refractivity contribution >= 4 is 16.9 Å². The fourth-order valence-electron chi connectivity index (χ4n) is 3.01. The molecule has 1 aromatic heterocycles. The predicted octanol–water partition coefficient (Wildman–Crippen LogP) is 4.35. The molecule has 6 nitrogen and oxygen atoms in total. The van der Waals surface area contributed by atoms with Crippen molar-refractivity contribution in [3.63, 3.8) is 0 Å². The van der Waals surface area contributed by atoms with Gasteiger partial charge in [0.15, 0.2) is 0 Å². The number of nitrogens with zero attached hydrogens (tertiary/aromatic N) is 1. The van der Waals surface area contributed by atoms with Gasteiger partial charge in [0, 0.05) is 10.9 Å². The molecule has 1 amide bonds. The Kier molecular flexibility index (Phi) is 4.98. The maximum absolute atomic E-state index is 12.1. The van der Waals surface area contributed by atoms with Gasteiger partial charge in [-0.3, -0.25) is 4.79 Å². The second kappa shape index (κ2) is 7.11. The first-order valence-corrected chi connectivity index (χ1v) is 9.16. The molecule has 3 aromatic rings. The summed E-state index contributed by atoms with van der Waals surface area (Å²) in [6.45, 7) is 9.32. The Morgan fingerprint density at radius 3 is 2.18 bits per heavy atom. The van der Waals surface area contributed by atoms with Gasteiger partial charge < -0.3 is 10.1 Å². The number of carbonyl (C=O) groups excluding carboxylic acids is 1. The van der Waals surface area contributed by atoms with E-state index in [1.54, 1.807) is 6.07 Å². The van der Waals surface area contributed by atoms with Crippen LogP contribution in [-0.2, 0) is 10.3 Å². The van der Waals surface area contributed by atoms with Crippen LogP contribution in [0.25, 0.3) is 22.0 Å². The molecule has 0 saturated heterocycles. The van der Waals surface area contributed by atoms with Crippen LogP contribution < -0.4 is 10.9 Å². The topological polar surface area (TPSA) is 84.1 Å². The zero-order chi connectivity index (χ0) is 20.5. The minimum atomic E-state index is -0.610. The van der Waals surface area contributed by atoms with Gasteiger partial charge in [-0.15, -0.1) is 0 Å². The largest absolute Gasteiger partial charge is 0.444 e. The lowest BCUT2D eigenvalue weighted by molar-refractivity contribution is 0.0470. The van der Waals surface area contributed by atoms with Crippen molar-refractivity contribution in [1.29, 1.82) is 0 Å². The maximum atomic E-state index is 12.1.